The number of fused-ring (bicyclic) bond motifs is 2. The quantitative estimate of drug-likeness (QED) is 0.334. The summed E-state index contributed by atoms with van der Waals surface area (Å²) in [5.41, 5.74) is 0.391. The standard InChI is InChI=1S/C24H12N2O4S2/c27-23-13-5-1-3-7-15(13)25-21(29-23)19-11-9-17(31-19)18-10-12-20(32-18)22-26-16-8-4-2-6-14(16)24(28)30-22/h1-12H. The van der Waals surface area contributed by atoms with Crippen LogP contribution in [0.1, 0.15) is 0 Å². The number of benzene rings is 2. The van der Waals surface area contributed by atoms with Crippen molar-refractivity contribution in [3.05, 3.63) is 93.6 Å². The molecule has 32 heavy (non-hydrogen) atoms. The molecule has 0 fully saturated rings. The van der Waals surface area contributed by atoms with Crippen LogP contribution in [0.3, 0.4) is 0 Å². The van der Waals surface area contributed by atoms with Crippen LogP contribution in [0.4, 0.5) is 0 Å². The molecule has 2 aromatic carbocycles. The molecule has 0 amide bonds. The van der Waals surface area contributed by atoms with Gasteiger partial charge in [-0.15, -0.1) is 22.7 Å². The van der Waals surface area contributed by atoms with Crippen LogP contribution in [-0.4, -0.2) is 9.97 Å². The Hall–Kier alpha value is -3.88. The molecule has 6 rings (SSSR count). The van der Waals surface area contributed by atoms with E-state index in [1.165, 1.54) is 22.7 Å². The maximum absolute atomic E-state index is 12.3. The number of aromatic nitrogens is 2. The molecular weight excluding hydrogens is 444 g/mol. The van der Waals surface area contributed by atoms with Crippen LogP contribution >= 0.6 is 22.7 Å². The minimum atomic E-state index is -0.406. The topological polar surface area (TPSA) is 86.2 Å². The summed E-state index contributed by atoms with van der Waals surface area (Å²) in [6.45, 7) is 0. The lowest BCUT2D eigenvalue weighted by Gasteiger charge is -1.99. The van der Waals surface area contributed by atoms with Crippen LogP contribution in [0.2, 0.25) is 0 Å². The van der Waals surface area contributed by atoms with Crippen molar-refractivity contribution in [1.29, 1.82) is 0 Å². The second-order valence-corrected chi connectivity index (χ2v) is 9.14. The largest absolute Gasteiger partial charge is 0.402 e. The van der Waals surface area contributed by atoms with E-state index in [0.29, 0.717) is 33.6 Å². The fourth-order valence-electron chi connectivity index (χ4n) is 3.42. The molecule has 154 valence electrons. The van der Waals surface area contributed by atoms with Gasteiger partial charge in [0.2, 0.25) is 11.8 Å². The van der Waals surface area contributed by atoms with Crippen molar-refractivity contribution < 1.29 is 8.83 Å². The van der Waals surface area contributed by atoms with Gasteiger partial charge in [-0.25, -0.2) is 19.6 Å². The summed E-state index contributed by atoms with van der Waals surface area (Å²) in [5, 5.41) is 0.917. The highest BCUT2D eigenvalue weighted by atomic mass is 32.1. The van der Waals surface area contributed by atoms with Crippen molar-refractivity contribution >= 4 is 44.5 Å². The van der Waals surface area contributed by atoms with E-state index in [9.17, 15) is 9.59 Å². The Bertz CT molecular complexity index is 1610. The minimum Gasteiger partial charge on any atom is -0.402 e. The van der Waals surface area contributed by atoms with Crippen molar-refractivity contribution in [2.24, 2.45) is 0 Å². The molecule has 8 heteroatoms. The molecule has 0 unspecified atom stereocenters. The predicted octanol–water partition coefficient (Wildman–Crippen LogP) is 5.81. The summed E-state index contributed by atoms with van der Waals surface area (Å²) >= 11 is 2.95. The van der Waals surface area contributed by atoms with Crippen LogP contribution in [0.15, 0.2) is 91.2 Å². The number of hydrogen-bond acceptors (Lipinski definition) is 8. The molecule has 4 aromatic heterocycles. The normalized spacial score (nSPS) is 11.4. The van der Waals surface area contributed by atoms with Gasteiger partial charge in [-0.3, -0.25) is 0 Å². The van der Waals surface area contributed by atoms with Crippen LogP contribution in [-0.2, 0) is 0 Å². The first-order chi connectivity index (χ1) is 15.7. The molecule has 0 saturated heterocycles. The molecule has 0 radical (unpaired) electrons. The number of nitrogens with zero attached hydrogens (tertiary/aromatic N) is 2. The summed E-state index contributed by atoms with van der Waals surface area (Å²) < 4.78 is 10.9. The molecule has 0 N–H and O–H groups in total. The summed E-state index contributed by atoms with van der Waals surface area (Å²) in [7, 11) is 0. The molecule has 0 atom stereocenters. The molecular formula is C24H12N2O4S2. The summed E-state index contributed by atoms with van der Waals surface area (Å²) in [4.78, 5) is 37.0. The van der Waals surface area contributed by atoms with Crippen molar-refractivity contribution in [1.82, 2.24) is 9.97 Å². The van der Waals surface area contributed by atoms with Gasteiger partial charge in [-0.1, -0.05) is 24.3 Å². The zero-order valence-corrected chi connectivity index (χ0v) is 17.9. The second-order valence-electron chi connectivity index (χ2n) is 6.98. The molecule has 0 aliphatic carbocycles. The minimum absolute atomic E-state index is 0.295. The number of thiophene rings is 2. The lowest BCUT2D eigenvalue weighted by molar-refractivity contribution is 0.519. The Kier molecular flexibility index (Phi) is 4.34. The van der Waals surface area contributed by atoms with Gasteiger partial charge in [-0.05, 0) is 48.5 Å². The molecule has 6 aromatic rings. The summed E-state index contributed by atoms with van der Waals surface area (Å²) in [6.07, 6.45) is 0. The monoisotopic (exact) mass is 456 g/mol. The maximum atomic E-state index is 12.3. The van der Waals surface area contributed by atoms with E-state index in [2.05, 4.69) is 9.97 Å². The molecule has 6 nitrogen and oxygen atoms in total. The van der Waals surface area contributed by atoms with E-state index in [-0.39, 0.29) is 0 Å². The number of para-hydroxylation sites is 2. The van der Waals surface area contributed by atoms with E-state index < -0.39 is 11.3 Å². The van der Waals surface area contributed by atoms with Crippen molar-refractivity contribution in [3.63, 3.8) is 0 Å². The van der Waals surface area contributed by atoms with E-state index in [4.69, 9.17) is 8.83 Å². The predicted molar refractivity (Wildman–Crippen MR) is 126 cm³/mol. The Balaban J connectivity index is 1.37. The first-order valence-electron chi connectivity index (χ1n) is 9.66. The smallest absolute Gasteiger partial charge is 0.347 e. The molecule has 0 saturated carbocycles. The second kappa shape index (κ2) is 7.37. The molecule has 4 heterocycles. The average molecular weight is 457 g/mol. The van der Waals surface area contributed by atoms with Crippen LogP contribution < -0.4 is 11.3 Å². The van der Waals surface area contributed by atoms with Gasteiger partial charge in [0.25, 0.3) is 0 Å². The van der Waals surface area contributed by atoms with Gasteiger partial charge in [0, 0.05) is 9.75 Å². The molecule has 0 bridgehead atoms. The Labute approximate surface area is 188 Å². The third-order valence-electron chi connectivity index (χ3n) is 4.95. The van der Waals surface area contributed by atoms with E-state index in [0.717, 1.165) is 19.5 Å². The van der Waals surface area contributed by atoms with Gasteiger partial charge >= 0.3 is 11.3 Å². The highest BCUT2D eigenvalue weighted by Gasteiger charge is 2.15. The fraction of sp³-hybridized carbons (Fsp3) is 0. The van der Waals surface area contributed by atoms with Crippen LogP contribution in [0.25, 0.3) is 53.1 Å². The van der Waals surface area contributed by atoms with E-state index in [1.54, 1.807) is 36.4 Å². The molecule has 0 aliphatic rings. The van der Waals surface area contributed by atoms with Gasteiger partial charge in [0.15, 0.2) is 0 Å². The summed E-state index contributed by atoms with van der Waals surface area (Å²) in [6, 6.07) is 21.9. The number of hydrogen-bond donors (Lipinski definition) is 0. The van der Waals surface area contributed by atoms with Gasteiger partial charge < -0.3 is 8.83 Å². The van der Waals surface area contributed by atoms with Crippen molar-refractivity contribution in [2.75, 3.05) is 0 Å². The third-order valence-corrected chi connectivity index (χ3v) is 7.29. The Morgan fingerprint density at radius 2 is 0.938 bits per heavy atom. The average Bonchev–Trinajstić information content (AvgIpc) is 3.49. The first kappa shape index (κ1) is 18.9. The SMILES string of the molecule is O=c1oc(-c2ccc(-c3ccc(-c4nc5ccccc5c(=O)o4)s3)s2)nc2ccccc12. The summed E-state index contributed by atoms with van der Waals surface area (Å²) in [5.74, 6) is 0.591. The zero-order chi connectivity index (χ0) is 21.7. The van der Waals surface area contributed by atoms with E-state index in [1.807, 2.05) is 36.4 Å². The third kappa shape index (κ3) is 3.17. The zero-order valence-electron chi connectivity index (χ0n) is 16.3. The van der Waals surface area contributed by atoms with Gasteiger partial charge in [-0.2, -0.15) is 0 Å². The molecule has 0 spiro atoms. The highest BCUT2D eigenvalue weighted by Crippen LogP contribution is 2.39. The van der Waals surface area contributed by atoms with E-state index >= 15 is 0 Å². The number of rotatable bonds is 3. The Morgan fingerprint density at radius 3 is 1.41 bits per heavy atom. The molecule has 0 aliphatic heterocycles. The first-order valence-corrected chi connectivity index (χ1v) is 11.3. The van der Waals surface area contributed by atoms with Gasteiger partial charge in [0.05, 0.1) is 31.6 Å². The van der Waals surface area contributed by atoms with Crippen molar-refractivity contribution in [3.8, 4) is 31.3 Å². The maximum Gasteiger partial charge on any atom is 0.347 e. The van der Waals surface area contributed by atoms with Crippen LogP contribution in [0.5, 0.6) is 0 Å². The van der Waals surface area contributed by atoms with Crippen molar-refractivity contribution in [2.45, 2.75) is 0 Å². The van der Waals surface area contributed by atoms with Crippen LogP contribution in [0, 0.1) is 0 Å². The lowest BCUT2D eigenvalue weighted by atomic mass is 10.2. The lowest BCUT2D eigenvalue weighted by Crippen LogP contribution is -2.01. The Morgan fingerprint density at radius 1 is 0.531 bits per heavy atom. The fourth-order valence-corrected chi connectivity index (χ4v) is 5.37. The van der Waals surface area contributed by atoms with Gasteiger partial charge in [0.1, 0.15) is 0 Å². The highest BCUT2D eigenvalue weighted by molar-refractivity contribution is 7.25.